The second-order valence-corrected chi connectivity index (χ2v) is 7.92. The van der Waals surface area contributed by atoms with E-state index in [4.69, 9.17) is 17.3 Å². The molecule has 3 rings (SSSR count). The summed E-state index contributed by atoms with van der Waals surface area (Å²) in [7, 11) is -3.59. The van der Waals surface area contributed by atoms with Gasteiger partial charge in [0, 0.05) is 20.4 Å². The molecule has 0 aliphatic heterocycles. The van der Waals surface area contributed by atoms with E-state index < -0.39 is 15.0 Å². The molecule has 0 amide bonds. The van der Waals surface area contributed by atoms with Crippen LogP contribution in [-0.2, 0) is 9.84 Å². The summed E-state index contributed by atoms with van der Waals surface area (Å²) >= 11 is 8.11. The number of benzene rings is 1. The number of hydrogen-bond acceptors (Lipinski definition) is 7. The van der Waals surface area contributed by atoms with Crippen molar-refractivity contribution >= 4 is 55.8 Å². The summed E-state index contributed by atoms with van der Waals surface area (Å²) in [5.74, 6) is 0.276. The third-order valence-electron chi connectivity index (χ3n) is 2.71. The van der Waals surface area contributed by atoms with Crippen molar-refractivity contribution in [3.8, 4) is 11.4 Å². The highest BCUT2D eigenvalue weighted by molar-refractivity contribution is 14.1. The van der Waals surface area contributed by atoms with Gasteiger partial charge in [0.15, 0.2) is 5.82 Å². The Morgan fingerprint density at radius 1 is 1.27 bits per heavy atom. The minimum absolute atomic E-state index is 0.0544. The molecule has 1 aromatic carbocycles. The van der Waals surface area contributed by atoms with E-state index in [2.05, 4.69) is 42.6 Å². The smallest absolute Gasteiger partial charge is 0.258 e. The number of nitrogens with two attached hydrogens (primary N) is 1. The van der Waals surface area contributed by atoms with E-state index in [0.29, 0.717) is 16.4 Å². The van der Waals surface area contributed by atoms with Crippen molar-refractivity contribution < 1.29 is 8.42 Å². The molecule has 0 radical (unpaired) electrons. The van der Waals surface area contributed by atoms with E-state index >= 15 is 0 Å². The Morgan fingerprint density at radius 2 is 2.00 bits per heavy atom. The van der Waals surface area contributed by atoms with Crippen molar-refractivity contribution in [1.82, 2.24) is 24.6 Å². The molecular formula is C11H8ClIN6O2S. The van der Waals surface area contributed by atoms with Crippen LogP contribution in [0, 0.1) is 3.57 Å². The first kappa shape index (κ1) is 15.4. The van der Waals surface area contributed by atoms with Crippen molar-refractivity contribution in [1.29, 1.82) is 0 Å². The van der Waals surface area contributed by atoms with Crippen LogP contribution in [0.3, 0.4) is 0 Å². The lowest BCUT2D eigenvalue weighted by atomic mass is 10.2. The Kier molecular flexibility index (Phi) is 3.69. The molecule has 22 heavy (non-hydrogen) atoms. The molecule has 3 aromatic rings. The van der Waals surface area contributed by atoms with Crippen LogP contribution in [0.25, 0.3) is 17.2 Å². The predicted molar refractivity (Wildman–Crippen MR) is 89.3 cm³/mol. The lowest BCUT2D eigenvalue weighted by Gasteiger charge is -2.00. The standard InChI is InChI=1S/C11H8ClIN6O2S/c1-22(20,21)11-16-9(14)19-10(17-11)15-8(18-19)6-4-5(12)2-3-7(6)13/h2-4H,1H3,(H2,14,15,16,17,18). The molecule has 11 heteroatoms. The van der Waals surface area contributed by atoms with Crippen molar-refractivity contribution in [2.75, 3.05) is 12.0 Å². The quantitative estimate of drug-likeness (QED) is 0.587. The summed E-state index contributed by atoms with van der Waals surface area (Å²) in [5.41, 5.74) is 6.42. The van der Waals surface area contributed by atoms with Gasteiger partial charge >= 0.3 is 0 Å². The highest BCUT2D eigenvalue weighted by Gasteiger charge is 2.18. The van der Waals surface area contributed by atoms with Gasteiger partial charge in [-0.25, -0.2) is 8.42 Å². The van der Waals surface area contributed by atoms with E-state index in [1.165, 1.54) is 4.52 Å². The molecule has 114 valence electrons. The molecule has 0 aliphatic carbocycles. The van der Waals surface area contributed by atoms with Gasteiger partial charge in [-0.05, 0) is 40.8 Å². The molecule has 2 N–H and O–H groups in total. The fourth-order valence-electron chi connectivity index (χ4n) is 1.73. The minimum Gasteiger partial charge on any atom is -0.368 e. The number of nitrogen functional groups attached to an aromatic ring is 1. The van der Waals surface area contributed by atoms with E-state index in [1.807, 2.05) is 6.07 Å². The largest absolute Gasteiger partial charge is 0.368 e. The molecule has 0 fully saturated rings. The number of aromatic nitrogens is 5. The Labute approximate surface area is 143 Å². The van der Waals surface area contributed by atoms with E-state index in [0.717, 1.165) is 9.83 Å². The van der Waals surface area contributed by atoms with Crippen LogP contribution < -0.4 is 5.73 Å². The summed E-state index contributed by atoms with van der Waals surface area (Å²) in [6, 6.07) is 5.28. The van der Waals surface area contributed by atoms with Gasteiger partial charge in [-0.1, -0.05) is 11.6 Å². The zero-order chi connectivity index (χ0) is 16.1. The first-order valence-electron chi connectivity index (χ1n) is 5.81. The summed E-state index contributed by atoms with van der Waals surface area (Å²) in [6.07, 6.45) is 0.995. The van der Waals surface area contributed by atoms with Crippen LogP contribution >= 0.6 is 34.2 Å². The molecular weight excluding hydrogens is 443 g/mol. The van der Waals surface area contributed by atoms with Crippen LogP contribution in [0.15, 0.2) is 23.4 Å². The predicted octanol–water partition coefficient (Wildman–Crippen LogP) is 1.43. The second kappa shape index (κ2) is 5.28. The van der Waals surface area contributed by atoms with E-state index in [1.54, 1.807) is 12.1 Å². The Morgan fingerprint density at radius 3 is 2.68 bits per heavy atom. The Balaban J connectivity index is 2.26. The summed E-state index contributed by atoms with van der Waals surface area (Å²) < 4.78 is 25.2. The molecule has 2 heterocycles. The third kappa shape index (κ3) is 2.73. The maximum absolute atomic E-state index is 11.5. The number of nitrogens with zero attached hydrogens (tertiary/aromatic N) is 5. The van der Waals surface area contributed by atoms with Gasteiger partial charge in [0.05, 0.1) is 0 Å². The number of hydrogen-bond donors (Lipinski definition) is 1. The third-order valence-corrected chi connectivity index (χ3v) is 4.74. The molecule has 2 aromatic heterocycles. The summed E-state index contributed by atoms with van der Waals surface area (Å²) in [6.45, 7) is 0. The molecule has 0 atom stereocenters. The highest BCUT2D eigenvalue weighted by atomic mass is 127. The molecule has 0 spiro atoms. The molecule has 0 unspecified atom stereocenters. The van der Waals surface area contributed by atoms with Gasteiger partial charge in [0.25, 0.3) is 10.9 Å². The molecule has 0 bridgehead atoms. The molecule has 0 saturated carbocycles. The first-order valence-corrected chi connectivity index (χ1v) is 9.16. The fraction of sp³-hybridized carbons (Fsp3) is 0.0909. The van der Waals surface area contributed by atoms with Crippen molar-refractivity contribution in [2.24, 2.45) is 0 Å². The lowest BCUT2D eigenvalue weighted by molar-refractivity contribution is 0.592. The topological polar surface area (TPSA) is 116 Å². The first-order chi connectivity index (χ1) is 10.3. The van der Waals surface area contributed by atoms with Crippen LogP contribution in [0.2, 0.25) is 5.02 Å². The average Bonchev–Trinajstić information content (AvgIpc) is 2.85. The number of anilines is 1. The van der Waals surface area contributed by atoms with Crippen LogP contribution in [0.4, 0.5) is 5.95 Å². The number of fused-ring (bicyclic) bond motifs is 1. The fourth-order valence-corrected chi connectivity index (χ4v) is 2.99. The number of sulfone groups is 1. The number of rotatable bonds is 2. The Bertz CT molecular complexity index is 1000. The van der Waals surface area contributed by atoms with Crippen molar-refractivity contribution in [3.63, 3.8) is 0 Å². The van der Waals surface area contributed by atoms with Crippen LogP contribution in [0.1, 0.15) is 0 Å². The molecule has 0 aliphatic rings. The average molecular weight is 451 g/mol. The zero-order valence-corrected chi connectivity index (χ0v) is 14.8. The minimum atomic E-state index is -3.59. The van der Waals surface area contributed by atoms with Gasteiger partial charge in [-0.15, -0.1) is 5.10 Å². The van der Waals surface area contributed by atoms with Crippen molar-refractivity contribution in [3.05, 3.63) is 26.8 Å². The summed E-state index contributed by atoms with van der Waals surface area (Å²) in [5, 5.41) is 4.35. The van der Waals surface area contributed by atoms with Gasteiger partial charge in [-0.2, -0.15) is 19.5 Å². The number of halogens is 2. The monoisotopic (exact) mass is 450 g/mol. The van der Waals surface area contributed by atoms with E-state index in [9.17, 15) is 8.42 Å². The SMILES string of the molecule is CS(=O)(=O)c1nc(N)n2nc(-c3cc(Cl)ccc3I)nc2n1. The maximum atomic E-state index is 11.5. The lowest BCUT2D eigenvalue weighted by Crippen LogP contribution is -2.11. The van der Waals surface area contributed by atoms with E-state index in [-0.39, 0.29) is 11.7 Å². The van der Waals surface area contributed by atoms with Crippen molar-refractivity contribution in [2.45, 2.75) is 5.16 Å². The van der Waals surface area contributed by atoms with Gasteiger partial charge in [0.1, 0.15) is 0 Å². The van der Waals surface area contributed by atoms with Gasteiger partial charge in [-0.3, -0.25) is 0 Å². The van der Waals surface area contributed by atoms with Crippen LogP contribution in [-0.4, -0.2) is 39.2 Å². The maximum Gasteiger partial charge on any atom is 0.258 e. The van der Waals surface area contributed by atoms with Gasteiger partial charge < -0.3 is 5.73 Å². The van der Waals surface area contributed by atoms with Crippen LogP contribution in [0.5, 0.6) is 0 Å². The normalized spacial score (nSPS) is 12.0. The zero-order valence-electron chi connectivity index (χ0n) is 11.0. The second-order valence-electron chi connectivity index (χ2n) is 4.41. The molecule has 8 nitrogen and oxygen atoms in total. The Hall–Kier alpha value is -1.53. The summed E-state index contributed by atoms with van der Waals surface area (Å²) in [4.78, 5) is 11.8. The van der Waals surface area contributed by atoms with Gasteiger partial charge in [0.2, 0.25) is 15.8 Å². The highest BCUT2D eigenvalue weighted by Crippen LogP contribution is 2.26. The molecule has 0 saturated heterocycles.